The summed E-state index contributed by atoms with van der Waals surface area (Å²) in [4.78, 5) is 17.9. The van der Waals surface area contributed by atoms with Crippen molar-refractivity contribution < 1.29 is 4.79 Å². The average Bonchev–Trinajstić information content (AvgIpc) is 2.37. The van der Waals surface area contributed by atoms with Crippen LogP contribution >= 0.6 is 37.5 Å². The molecule has 0 fully saturated rings. The zero-order chi connectivity index (χ0) is 14.1. The lowest BCUT2D eigenvalue weighted by atomic mass is 10.3. The second-order valence-electron chi connectivity index (χ2n) is 4.09. The summed E-state index contributed by atoms with van der Waals surface area (Å²) >= 11 is 3.30. The van der Waals surface area contributed by atoms with Gasteiger partial charge in [0.2, 0.25) is 0 Å². The first-order chi connectivity index (χ1) is 9.09. The Hall–Kier alpha value is -0.240. The predicted molar refractivity (Wildman–Crippen MR) is 87.7 cm³/mol. The minimum atomic E-state index is -0.0762. The SMILES string of the molecule is CN(C)CCSSCCNC(=O)c1cncc(Br)c1. The van der Waals surface area contributed by atoms with Crippen LogP contribution in [0.5, 0.6) is 0 Å². The Kier molecular flexibility index (Phi) is 8.52. The molecule has 0 atom stereocenters. The third-order valence-corrected chi connectivity index (χ3v) is 4.96. The molecule has 0 aliphatic rings. The molecule has 4 nitrogen and oxygen atoms in total. The summed E-state index contributed by atoms with van der Waals surface area (Å²) in [7, 11) is 7.76. The van der Waals surface area contributed by atoms with Gasteiger partial charge in [0.1, 0.15) is 0 Å². The minimum absolute atomic E-state index is 0.0762. The molecule has 19 heavy (non-hydrogen) atoms. The molecule has 1 N–H and O–H groups in total. The Bertz CT molecular complexity index is 404. The molecule has 1 amide bonds. The van der Waals surface area contributed by atoms with Crippen molar-refractivity contribution in [1.82, 2.24) is 15.2 Å². The zero-order valence-electron chi connectivity index (χ0n) is 11.1. The topological polar surface area (TPSA) is 45.2 Å². The maximum atomic E-state index is 11.8. The van der Waals surface area contributed by atoms with E-state index in [2.05, 4.69) is 45.2 Å². The molecule has 0 unspecified atom stereocenters. The Morgan fingerprint density at radius 2 is 2.11 bits per heavy atom. The summed E-state index contributed by atoms with van der Waals surface area (Å²) in [6.07, 6.45) is 3.23. The molecule has 0 saturated carbocycles. The molecule has 0 spiro atoms. The zero-order valence-corrected chi connectivity index (χ0v) is 14.3. The van der Waals surface area contributed by atoms with E-state index in [1.807, 2.05) is 10.8 Å². The molecule has 7 heteroatoms. The van der Waals surface area contributed by atoms with Crippen LogP contribution in [0.4, 0.5) is 0 Å². The Morgan fingerprint density at radius 1 is 1.37 bits per heavy atom. The quantitative estimate of drug-likeness (QED) is 0.567. The van der Waals surface area contributed by atoms with E-state index in [1.165, 1.54) is 0 Å². The van der Waals surface area contributed by atoms with Crippen molar-refractivity contribution in [3.8, 4) is 0 Å². The van der Waals surface area contributed by atoms with E-state index in [1.54, 1.807) is 29.3 Å². The van der Waals surface area contributed by atoms with E-state index < -0.39 is 0 Å². The lowest BCUT2D eigenvalue weighted by Crippen LogP contribution is -2.25. The minimum Gasteiger partial charge on any atom is -0.351 e. The van der Waals surface area contributed by atoms with Crippen molar-refractivity contribution in [3.63, 3.8) is 0 Å². The maximum Gasteiger partial charge on any atom is 0.252 e. The Morgan fingerprint density at radius 3 is 2.79 bits per heavy atom. The van der Waals surface area contributed by atoms with Crippen LogP contribution in [0.1, 0.15) is 10.4 Å². The summed E-state index contributed by atoms with van der Waals surface area (Å²) in [5, 5.41) is 2.88. The van der Waals surface area contributed by atoms with Gasteiger partial charge in [-0.1, -0.05) is 21.6 Å². The molecule has 0 aliphatic heterocycles. The fourth-order valence-corrected chi connectivity index (χ4v) is 3.59. The predicted octanol–water partition coefficient (Wildman–Crippen LogP) is 2.52. The fraction of sp³-hybridized carbons (Fsp3) is 0.500. The number of carbonyl (C=O) groups excluding carboxylic acids is 1. The largest absolute Gasteiger partial charge is 0.351 e. The molecule has 0 bridgehead atoms. The van der Waals surface area contributed by atoms with Crippen LogP contribution in [0, 0.1) is 0 Å². The maximum absolute atomic E-state index is 11.8. The third kappa shape index (κ3) is 7.81. The molecule has 1 heterocycles. The number of pyridine rings is 1. The van der Waals surface area contributed by atoms with Gasteiger partial charge in [-0.25, -0.2) is 0 Å². The van der Waals surface area contributed by atoms with Gasteiger partial charge in [-0.3, -0.25) is 9.78 Å². The lowest BCUT2D eigenvalue weighted by Gasteiger charge is -2.08. The number of nitrogens with one attached hydrogen (secondary N) is 1. The first-order valence-corrected chi connectivity index (χ1v) is 9.15. The highest BCUT2D eigenvalue weighted by Crippen LogP contribution is 2.19. The third-order valence-electron chi connectivity index (χ3n) is 2.14. The van der Waals surface area contributed by atoms with Gasteiger partial charge in [0.05, 0.1) is 5.56 Å². The van der Waals surface area contributed by atoms with E-state index >= 15 is 0 Å². The highest BCUT2D eigenvalue weighted by molar-refractivity contribution is 9.10. The molecular formula is C12H18BrN3OS2. The first kappa shape index (κ1) is 16.8. The number of carbonyl (C=O) groups is 1. The normalized spacial score (nSPS) is 10.7. The highest BCUT2D eigenvalue weighted by atomic mass is 79.9. The van der Waals surface area contributed by atoms with Crippen LogP contribution in [-0.2, 0) is 0 Å². The van der Waals surface area contributed by atoms with Crippen molar-refractivity contribution in [2.45, 2.75) is 0 Å². The summed E-state index contributed by atoms with van der Waals surface area (Å²) in [6, 6.07) is 1.77. The molecule has 0 radical (unpaired) electrons. The number of hydrogen-bond acceptors (Lipinski definition) is 5. The van der Waals surface area contributed by atoms with Crippen molar-refractivity contribution >= 4 is 43.4 Å². The summed E-state index contributed by atoms with van der Waals surface area (Å²) in [6.45, 7) is 1.75. The number of nitrogens with zero attached hydrogens (tertiary/aromatic N) is 2. The van der Waals surface area contributed by atoms with Crippen LogP contribution < -0.4 is 5.32 Å². The number of hydrogen-bond donors (Lipinski definition) is 1. The molecule has 1 rings (SSSR count). The van der Waals surface area contributed by atoms with Gasteiger partial charge >= 0.3 is 0 Å². The second kappa shape index (κ2) is 9.63. The second-order valence-corrected chi connectivity index (χ2v) is 7.71. The number of halogens is 1. The van der Waals surface area contributed by atoms with E-state index in [9.17, 15) is 4.79 Å². The van der Waals surface area contributed by atoms with Gasteiger partial charge in [-0.2, -0.15) is 0 Å². The van der Waals surface area contributed by atoms with Gasteiger partial charge in [-0.15, -0.1) is 0 Å². The molecule has 0 saturated heterocycles. The van der Waals surface area contributed by atoms with Gasteiger partial charge in [0, 0.05) is 41.5 Å². The average molecular weight is 364 g/mol. The van der Waals surface area contributed by atoms with Gasteiger partial charge in [0.25, 0.3) is 5.91 Å². The summed E-state index contributed by atoms with van der Waals surface area (Å²) < 4.78 is 0.814. The monoisotopic (exact) mass is 363 g/mol. The van der Waals surface area contributed by atoms with Crippen LogP contribution in [0.2, 0.25) is 0 Å². The molecule has 1 aromatic rings. The van der Waals surface area contributed by atoms with Crippen molar-refractivity contribution in [3.05, 3.63) is 28.5 Å². The van der Waals surface area contributed by atoms with Gasteiger partial charge < -0.3 is 10.2 Å². The highest BCUT2D eigenvalue weighted by Gasteiger charge is 2.05. The molecule has 106 valence electrons. The van der Waals surface area contributed by atoms with Crippen LogP contribution in [0.15, 0.2) is 22.9 Å². The molecule has 0 aliphatic carbocycles. The van der Waals surface area contributed by atoms with Crippen molar-refractivity contribution in [2.24, 2.45) is 0 Å². The van der Waals surface area contributed by atoms with Gasteiger partial charge in [0.15, 0.2) is 0 Å². The number of rotatable bonds is 8. The number of amides is 1. The standard InChI is InChI=1S/C12H18BrN3OS2/c1-16(2)4-6-19-18-5-3-15-12(17)10-7-11(13)9-14-8-10/h7-9H,3-6H2,1-2H3,(H,15,17). The van der Waals surface area contributed by atoms with Crippen molar-refractivity contribution in [1.29, 1.82) is 0 Å². The molecule has 1 aromatic heterocycles. The van der Waals surface area contributed by atoms with E-state index in [-0.39, 0.29) is 5.91 Å². The van der Waals surface area contributed by atoms with E-state index in [0.29, 0.717) is 12.1 Å². The Labute approximate surface area is 130 Å². The van der Waals surface area contributed by atoms with Gasteiger partial charge in [-0.05, 0) is 36.1 Å². The summed E-state index contributed by atoms with van der Waals surface area (Å²) in [5.74, 6) is 1.93. The lowest BCUT2D eigenvalue weighted by molar-refractivity contribution is 0.0956. The van der Waals surface area contributed by atoms with Crippen LogP contribution in [0.3, 0.4) is 0 Å². The molecular weight excluding hydrogens is 346 g/mol. The van der Waals surface area contributed by atoms with Crippen molar-refractivity contribution in [2.75, 3.05) is 38.7 Å². The fourth-order valence-electron chi connectivity index (χ4n) is 1.18. The first-order valence-electron chi connectivity index (χ1n) is 5.87. The van der Waals surface area contributed by atoms with Crippen LogP contribution in [-0.4, -0.2) is 54.5 Å². The molecule has 0 aromatic carbocycles. The smallest absolute Gasteiger partial charge is 0.252 e. The van der Waals surface area contributed by atoms with E-state index in [0.717, 1.165) is 22.5 Å². The Balaban J connectivity index is 2.11. The van der Waals surface area contributed by atoms with E-state index in [4.69, 9.17) is 0 Å². The summed E-state index contributed by atoms with van der Waals surface area (Å²) in [5.41, 5.74) is 0.583. The van der Waals surface area contributed by atoms with Crippen LogP contribution in [0.25, 0.3) is 0 Å². The number of aromatic nitrogens is 1.